The number of hydrogen-bond acceptors (Lipinski definition) is 2. The molecule has 1 aromatic rings. The van der Waals surface area contributed by atoms with Crippen molar-refractivity contribution in [3.05, 3.63) is 35.1 Å². The zero-order valence-electron chi connectivity index (χ0n) is 9.47. The van der Waals surface area contributed by atoms with Crippen LogP contribution in [0.25, 0.3) is 0 Å². The molecule has 1 aliphatic rings. The van der Waals surface area contributed by atoms with E-state index in [1.165, 1.54) is 0 Å². The SMILES string of the molecule is OC1CC(NCc2cc(F)cc(C(F)(F)F)c2)C1. The summed E-state index contributed by atoms with van der Waals surface area (Å²) in [4.78, 5) is 0. The maximum Gasteiger partial charge on any atom is 0.416 e. The Kier molecular flexibility index (Phi) is 3.59. The minimum Gasteiger partial charge on any atom is -0.393 e. The van der Waals surface area contributed by atoms with Crippen LogP contribution in [0.2, 0.25) is 0 Å². The first-order valence-electron chi connectivity index (χ1n) is 5.62. The van der Waals surface area contributed by atoms with Gasteiger partial charge in [0.2, 0.25) is 0 Å². The molecule has 1 aromatic carbocycles. The zero-order valence-corrected chi connectivity index (χ0v) is 9.47. The third kappa shape index (κ3) is 3.20. The Morgan fingerprint density at radius 3 is 2.44 bits per heavy atom. The minimum atomic E-state index is -4.54. The predicted octanol–water partition coefficient (Wildman–Crippen LogP) is 2.46. The molecule has 0 aliphatic heterocycles. The molecule has 0 heterocycles. The lowest BCUT2D eigenvalue weighted by atomic mass is 9.89. The molecule has 2 N–H and O–H groups in total. The summed E-state index contributed by atoms with van der Waals surface area (Å²) in [6, 6.07) is 2.59. The summed E-state index contributed by atoms with van der Waals surface area (Å²) in [7, 11) is 0. The molecular formula is C12H13F4NO. The van der Waals surface area contributed by atoms with Gasteiger partial charge in [0.05, 0.1) is 11.7 Å². The van der Waals surface area contributed by atoms with Crippen molar-refractivity contribution in [2.24, 2.45) is 0 Å². The molecule has 2 nitrogen and oxygen atoms in total. The van der Waals surface area contributed by atoms with Gasteiger partial charge in [-0.1, -0.05) is 0 Å². The fourth-order valence-electron chi connectivity index (χ4n) is 1.93. The van der Waals surface area contributed by atoms with Crippen molar-refractivity contribution in [1.82, 2.24) is 5.32 Å². The van der Waals surface area contributed by atoms with Gasteiger partial charge in [-0.3, -0.25) is 0 Å². The highest BCUT2D eigenvalue weighted by molar-refractivity contribution is 5.26. The fourth-order valence-corrected chi connectivity index (χ4v) is 1.93. The van der Waals surface area contributed by atoms with Gasteiger partial charge in [0.15, 0.2) is 0 Å². The van der Waals surface area contributed by atoms with Gasteiger partial charge in [-0.15, -0.1) is 0 Å². The van der Waals surface area contributed by atoms with E-state index in [2.05, 4.69) is 5.32 Å². The quantitative estimate of drug-likeness (QED) is 0.821. The van der Waals surface area contributed by atoms with Gasteiger partial charge in [0.25, 0.3) is 0 Å². The van der Waals surface area contributed by atoms with Gasteiger partial charge in [-0.05, 0) is 36.6 Å². The molecule has 0 bridgehead atoms. The summed E-state index contributed by atoms with van der Waals surface area (Å²) in [5.41, 5.74) is -0.725. The van der Waals surface area contributed by atoms with E-state index in [0.29, 0.717) is 18.9 Å². The average molecular weight is 263 g/mol. The summed E-state index contributed by atoms with van der Waals surface area (Å²) in [6.07, 6.45) is -3.70. The van der Waals surface area contributed by atoms with E-state index in [1.54, 1.807) is 0 Å². The van der Waals surface area contributed by atoms with E-state index in [1.807, 2.05) is 0 Å². The normalized spacial score (nSPS) is 23.8. The summed E-state index contributed by atoms with van der Waals surface area (Å²) in [6.45, 7) is 0.165. The van der Waals surface area contributed by atoms with E-state index in [4.69, 9.17) is 5.11 Å². The summed E-state index contributed by atoms with van der Waals surface area (Å²) >= 11 is 0. The molecule has 1 saturated carbocycles. The highest BCUT2D eigenvalue weighted by atomic mass is 19.4. The van der Waals surface area contributed by atoms with Gasteiger partial charge in [0, 0.05) is 12.6 Å². The third-order valence-corrected chi connectivity index (χ3v) is 2.99. The van der Waals surface area contributed by atoms with E-state index >= 15 is 0 Å². The Balaban J connectivity index is 2.02. The molecule has 6 heteroatoms. The van der Waals surface area contributed by atoms with Crippen LogP contribution in [-0.4, -0.2) is 17.3 Å². The largest absolute Gasteiger partial charge is 0.416 e. The van der Waals surface area contributed by atoms with Crippen molar-refractivity contribution in [3.63, 3.8) is 0 Å². The number of hydrogen-bond donors (Lipinski definition) is 2. The topological polar surface area (TPSA) is 32.3 Å². The number of halogens is 4. The van der Waals surface area contributed by atoms with Crippen molar-refractivity contribution in [1.29, 1.82) is 0 Å². The number of rotatable bonds is 3. The second kappa shape index (κ2) is 4.85. The van der Waals surface area contributed by atoms with Gasteiger partial charge >= 0.3 is 6.18 Å². The Morgan fingerprint density at radius 2 is 1.89 bits per heavy atom. The van der Waals surface area contributed by atoms with Crippen LogP contribution < -0.4 is 5.32 Å². The molecular weight excluding hydrogens is 250 g/mol. The van der Waals surface area contributed by atoms with Crippen LogP contribution in [0.3, 0.4) is 0 Å². The first kappa shape index (κ1) is 13.3. The Hall–Kier alpha value is -1.14. The molecule has 0 saturated heterocycles. The molecule has 0 radical (unpaired) electrons. The smallest absolute Gasteiger partial charge is 0.393 e. The number of aliphatic hydroxyl groups is 1. The molecule has 0 atom stereocenters. The van der Waals surface area contributed by atoms with Gasteiger partial charge in [-0.2, -0.15) is 13.2 Å². The molecule has 0 unspecified atom stereocenters. The number of nitrogens with one attached hydrogen (secondary N) is 1. The molecule has 100 valence electrons. The first-order chi connectivity index (χ1) is 8.34. The molecule has 0 aromatic heterocycles. The Morgan fingerprint density at radius 1 is 1.22 bits per heavy atom. The van der Waals surface area contributed by atoms with Crippen molar-refractivity contribution >= 4 is 0 Å². The van der Waals surface area contributed by atoms with E-state index in [0.717, 1.165) is 12.1 Å². The van der Waals surface area contributed by atoms with Crippen molar-refractivity contribution < 1.29 is 22.7 Å². The standard InChI is InChI=1S/C12H13F4NO/c13-9-2-7(1-8(3-9)12(14,15)16)6-17-10-4-11(18)5-10/h1-3,10-11,17-18H,4-6H2. The van der Waals surface area contributed by atoms with Gasteiger partial charge in [-0.25, -0.2) is 4.39 Å². The molecule has 1 aliphatic carbocycles. The Bertz CT molecular complexity index is 427. The molecule has 1 fully saturated rings. The van der Waals surface area contributed by atoms with Crippen LogP contribution in [0.15, 0.2) is 18.2 Å². The van der Waals surface area contributed by atoms with Crippen molar-refractivity contribution in [3.8, 4) is 0 Å². The highest BCUT2D eigenvalue weighted by Crippen LogP contribution is 2.30. The fraction of sp³-hybridized carbons (Fsp3) is 0.500. The predicted molar refractivity (Wildman–Crippen MR) is 57.3 cm³/mol. The number of aliphatic hydroxyl groups excluding tert-OH is 1. The number of alkyl halides is 3. The lowest BCUT2D eigenvalue weighted by Gasteiger charge is -2.32. The van der Waals surface area contributed by atoms with Crippen molar-refractivity contribution in [2.45, 2.75) is 37.7 Å². The average Bonchev–Trinajstić information content (AvgIpc) is 2.21. The second-order valence-corrected chi connectivity index (χ2v) is 4.55. The molecule has 18 heavy (non-hydrogen) atoms. The minimum absolute atomic E-state index is 0.0950. The van der Waals surface area contributed by atoms with E-state index in [9.17, 15) is 17.6 Å². The van der Waals surface area contributed by atoms with Crippen LogP contribution in [-0.2, 0) is 12.7 Å². The van der Waals surface area contributed by atoms with Gasteiger partial charge < -0.3 is 10.4 Å². The summed E-state index contributed by atoms with van der Waals surface area (Å²) < 4.78 is 50.4. The molecule has 2 rings (SSSR count). The lowest BCUT2D eigenvalue weighted by molar-refractivity contribution is -0.137. The third-order valence-electron chi connectivity index (χ3n) is 2.99. The number of benzene rings is 1. The zero-order chi connectivity index (χ0) is 13.3. The Labute approximate surface area is 102 Å². The van der Waals surface area contributed by atoms with Crippen LogP contribution >= 0.6 is 0 Å². The van der Waals surface area contributed by atoms with Crippen LogP contribution in [0, 0.1) is 5.82 Å². The van der Waals surface area contributed by atoms with E-state index in [-0.39, 0.29) is 24.3 Å². The van der Waals surface area contributed by atoms with Crippen molar-refractivity contribution in [2.75, 3.05) is 0 Å². The summed E-state index contributed by atoms with van der Waals surface area (Å²) in [5.74, 6) is -0.893. The second-order valence-electron chi connectivity index (χ2n) is 4.55. The maximum atomic E-state index is 13.1. The monoisotopic (exact) mass is 263 g/mol. The molecule has 0 amide bonds. The van der Waals surface area contributed by atoms with Crippen LogP contribution in [0.5, 0.6) is 0 Å². The van der Waals surface area contributed by atoms with Crippen LogP contribution in [0.1, 0.15) is 24.0 Å². The highest BCUT2D eigenvalue weighted by Gasteiger charge is 2.31. The lowest BCUT2D eigenvalue weighted by Crippen LogP contribution is -2.43. The summed E-state index contributed by atoms with van der Waals surface area (Å²) in [5, 5.41) is 12.0. The van der Waals surface area contributed by atoms with Crippen LogP contribution in [0.4, 0.5) is 17.6 Å². The van der Waals surface area contributed by atoms with Gasteiger partial charge in [0.1, 0.15) is 5.82 Å². The maximum absolute atomic E-state index is 13.1. The first-order valence-corrected chi connectivity index (χ1v) is 5.62. The molecule has 0 spiro atoms. The van der Waals surface area contributed by atoms with E-state index < -0.39 is 17.6 Å².